The van der Waals surface area contributed by atoms with Crippen LogP contribution < -0.4 is 10.6 Å². The van der Waals surface area contributed by atoms with Gasteiger partial charge in [-0.3, -0.25) is 10.1 Å². The maximum Gasteiger partial charge on any atom is 0.321 e. The summed E-state index contributed by atoms with van der Waals surface area (Å²) in [5.41, 5.74) is -0.414. The number of hydrogen-bond acceptors (Lipinski definition) is 3. The highest BCUT2D eigenvalue weighted by Crippen LogP contribution is 2.20. The van der Waals surface area contributed by atoms with Gasteiger partial charge >= 0.3 is 6.03 Å². The molecule has 0 fully saturated rings. The number of carbonyl (C=O) groups is 2. The Bertz CT molecular complexity index is 472. The summed E-state index contributed by atoms with van der Waals surface area (Å²) in [5, 5.41) is 4.80. The first-order valence-electron chi connectivity index (χ1n) is 5.77. The lowest BCUT2D eigenvalue weighted by molar-refractivity contribution is -0.117. The summed E-state index contributed by atoms with van der Waals surface area (Å²) in [4.78, 5) is 23.3. The van der Waals surface area contributed by atoms with Crippen molar-refractivity contribution in [2.45, 2.75) is 31.2 Å². The summed E-state index contributed by atoms with van der Waals surface area (Å²) in [5.74, 6) is -0.854. The van der Waals surface area contributed by atoms with Crippen LogP contribution in [-0.4, -0.2) is 23.2 Å². The Kier molecular flexibility index (Phi) is 5.35. The summed E-state index contributed by atoms with van der Waals surface area (Å²) >= 11 is 1.05. The fraction of sp³-hybridized carbons (Fsp3) is 0.385. The van der Waals surface area contributed by atoms with Crippen LogP contribution in [0.1, 0.15) is 20.8 Å². The number of imide groups is 1. The van der Waals surface area contributed by atoms with Gasteiger partial charge in [-0.25, -0.2) is 9.18 Å². The van der Waals surface area contributed by atoms with E-state index in [2.05, 4.69) is 10.6 Å². The zero-order valence-corrected chi connectivity index (χ0v) is 11.9. The highest BCUT2D eigenvalue weighted by Gasteiger charge is 2.15. The van der Waals surface area contributed by atoms with Gasteiger partial charge in [-0.05, 0) is 32.9 Å². The third kappa shape index (κ3) is 6.24. The second kappa shape index (κ2) is 6.56. The largest absolute Gasteiger partial charge is 0.333 e. The quantitative estimate of drug-likeness (QED) is 0.839. The van der Waals surface area contributed by atoms with Crippen LogP contribution in [-0.2, 0) is 4.79 Å². The van der Waals surface area contributed by atoms with E-state index in [0.717, 1.165) is 11.8 Å². The Balaban J connectivity index is 2.40. The lowest BCUT2D eigenvalue weighted by Gasteiger charge is -2.20. The van der Waals surface area contributed by atoms with Gasteiger partial charge in [-0.1, -0.05) is 12.1 Å². The van der Waals surface area contributed by atoms with Crippen LogP contribution in [0.3, 0.4) is 0 Å². The molecular formula is C13H17FN2O2S. The maximum atomic E-state index is 13.3. The van der Waals surface area contributed by atoms with Crippen LogP contribution >= 0.6 is 11.8 Å². The van der Waals surface area contributed by atoms with Crippen LogP contribution in [0.15, 0.2) is 29.2 Å². The number of hydrogen-bond donors (Lipinski definition) is 2. The highest BCUT2D eigenvalue weighted by atomic mass is 32.2. The molecule has 0 saturated heterocycles. The molecule has 4 nitrogen and oxygen atoms in total. The van der Waals surface area contributed by atoms with Gasteiger partial charge in [-0.15, -0.1) is 11.8 Å². The van der Waals surface area contributed by atoms with Crippen molar-refractivity contribution in [3.8, 4) is 0 Å². The Morgan fingerprint density at radius 1 is 1.26 bits per heavy atom. The third-order valence-corrected chi connectivity index (χ3v) is 2.99. The molecule has 1 aromatic carbocycles. The Hall–Kier alpha value is -1.56. The first kappa shape index (κ1) is 15.5. The summed E-state index contributed by atoms with van der Waals surface area (Å²) in [6.07, 6.45) is 0. The minimum absolute atomic E-state index is 0.0154. The number of amides is 3. The molecule has 104 valence electrons. The number of nitrogens with one attached hydrogen (secondary N) is 2. The van der Waals surface area contributed by atoms with E-state index in [4.69, 9.17) is 0 Å². The molecule has 1 aromatic rings. The SMILES string of the molecule is CC(C)(C)NC(=O)NC(=O)CSc1ccccc1F. The molecule has 0 aliphatic rings. The van der Waals surface area contributed by atoms with E-state index >= 15 is 0 Å². The van der Waals surface area contributed by atoms with Gasteiger partial charge in [0, 0.05) is 10.4 Å². The van der Waals surface area contributed by atoms with Crippen molar-refractivity contribution in [3.63, 3.8) is 0 Å². The molecule has 1 rings (SSSR count). The van der Waals surface area contributed by atoms with Gasteiger partial charge in [0.25, 0.3) is 0 Å². The van der Waals surface area contributed by atoms with Crippen molar-refractivity contribution in [1.82, 2.24) is 10.6 Å². The fourth-order valence-electron chi connectivity index (χ4n) is 1.24. The zero-order valence-electron chi connectivity index (χ0n) is 11.1. The maximum absolute atomic E-state index is 13.3. The highest BCUT2D eigenvalue weighted by molar-refractivity contribution is 8.00. The number of halogens is 1. The van der Waals surface area contributed by atoms with Crippen molar-refractivity contribution >= 4 is 23.7 Å². The monoisotopic (exact) mass is 284 g/mol. The summed E-state index contributed by atoms with van der Waals surface area (Å²) in [6.45, 7) is 5.43. The van der Waals surface area contributed by atoms with Crippen molar-refractivity contribution in [2.24, 2.45) is 0 Å². The van der Waals surface area contributed by atoms with E-state index in [9.17, 15) is 14.0 Å². The predicted octanol–water partition coefficient (Wildman–Crippen LogP) is 2.54. The van der Waals surface area contributed by atoms with E-state index in [-0.39, 0.29) is 11.6 Å². The van der Waals surface area contributed by atoms with E-state index in [0.29, 0.717) is 4.90 Å². The molecular weight excluding hydrogens is 267 g/mol. The summed E-state index contributed by atoms with van der Waals surface area (Å²) < 4.78 is 13.3. The smallest absolute Gasteiger partial charge is 0.321 e. The lowest BCUT2D eigenvalue weighted by Crippen LogP contribution is -2.48. The Morgan fingerprint density at radius 2 is 1.89 bits per heavy atom. The Labute approximate surface area is 116 Å². The predicted molar refractivity (Wildman–Crippen MR) is 73.6 cm³/mol. The first-order valence-corrected chi connectivity index (χ1v) is 6.76. The summed E-state index contributed by atoms with van der Waals surface area (Å²) in [6, 6.07) is 5.63. The second-order valence-corrected chi connectivity index (χ2v) is 5.99. The van der Waals surface area contributed by atoms with Crippen LogP contribution in [0, 0.1) is 5.82 Å². The van der Waals surface area contributed by atoms with Gasteiger partial charge < -0.3 is 5.32 Å². The molecule has 0 atom stereocenters. The minimum Gasteiger partial charge on any atom is -0.333 e. The molecule has 3 amide bonds. The molecule has 19 heavy (non-hydrogen) atoms. The molecule has 0 aromatic heterocycles. The van der Waals surface area contributed by atoms with Gasteiger partial charge in [0.05, 0.1) is 5.75 Å². The second-order valence-electron chi connectivity index (χ2n) is 4.97. The Morgan fingerprint density at radius 3 is 2.47 bits per heavy atom. The van der Waals surface area contributed by atoms with Gasteiger partial charge in [-0.2, -0.15) is 0 Å². The molecule has 0 bridgehead atoms. The van der Waals surface area contributed by atoms with Crippen LogP contribution in [0.4, 0.5) is 9.18 Å². The molecule has 0 aliphatic heterocycles. The van der Waals surface area contributed by atoms with E-state index in [1.807, 2.05) is 20.8 Å². The van der Waals surface area contributed by atoms with E-state index < -0.39 is 17.5 Å². The molecule has 0 aliphatic carbocycles. The van der Waals surface area contributed by atoms with E-state index in [1.165, 1.54) is 6.07 Å². The molecule has 2 N–H and O–H groups in total. The average Bonchev–Trinajstić information content (AvgIpc) is 2.25. The van der Waals surface area contributed by atoms with Gasteiger partial charge in [0.2, 0.25) is 5.91 Å². The van der Waals surface area contributed by atoms with Crippen LogP contribution in [0.5, 0.6) is 0 Å². The molecule has 0 spiro atoms. The fourth-order valence-corrected chi connectivity index (χ4v) is 1.98. The number of benzene rings is 1. The summed E-state index contributed by atoms with van der Waals surface area (Å²) in [7, 11) is 0. The number of thioether (sulfide) groups is 1. The van der Waals surface area contributed by atoms with Crippen molar-refractivity contribution < 1.29 is 14.0 Å². The van der Waals surface area contributed by atoms with Crippen LogP contribution in [0.2, 0.25) is 0 Å². The molecule has 0 radical (unpaired) electrons. The van der Waals surface area contributed by atoms with Gasteiger partial charge in [0.15, 0.2) is 0 Å². The molecule has 6 heteroatoms. The minimum atomic E-state index is -0.549. The van der Waals surface area contributed by atoms with Crippen molar-refractivity contribution in [3.05, 3.63) is 30.1 Å². The standard InChI is InChI=1S/C13H17FN2O2S/c1-13(2,3)16-12(18)15-11(17)8-19-10-7-5-4-6-9(10)14/h4-7H,8H2,1-3H3,(H2,15,16,17,18). The van der Waals surface area contributed by atoms with Gasteiger partial charge in [0.1, 0.15) is 5.82 Å². The number of carbonyl (C=O) groups excluding carboxylic acids is 2. The third-order valence-electron chi connectivity index (χ3n) is 1.94. The topological polar surface area (TPSA) is 58.2 Å². The number of rotatable bonds is 3. The molecule has 0 saturated carbocycles. The zero-order chi connectivity index (χ0) is 14.5. The molecule has 0 unspecified atom stereocenters. The number of urea groups is 1. The van der Waals surface area contributed by atoms with Crippen molar-refractivity contribution in [1.29, 1.82) is 0 Å². The molecule has 0 heterocycles. The van der Waals surface area contributed by atoms with Crippen LogP contribution in [0.25, 0.3) is 0 Å². The first-order chi connectivity index (χ1) is 8.78. The average molecular weight is 284 g/mol. The lowest BCUT2D eigenvalue weighted by atomic mass is 10.1. The van der Waals surface area contributed by atoms with Crippen molar-refractivity contribution in [2.75, 3.05) is 5.75 Å². The normalized spacial score (nSPS) is 10.9. The van der Waals surface area contributed by atoms with E-state index in [1.54, 1.807) is 18.2 Å².